The van der Waals surface area contributed by atoms with Crippen molar-refractivity contribution >= 4 is 5.78 Å². The summed E-state index contributed by atoms with van der Waals surface area (Å²) in [5, 5.41) is 0. The Kier molecular flexibility index (Phi) is 2.33. The van der Waals surface area contributed by atoms with Gasteiger partial charge in [0.15, 0.2) is 0 Å². The molecule has 0 aromatic heterocycles. The van der Waals surface area contributed by atoms with Gasteiger partial charge in [0, 0.05) is 12.5 Å². The molecule has 2 heteroatoms. The van der Waals surface area contributed by atoms with Crippen molar-refractivity contribution in [3.05, 3.63) is 0 Å². The van der Waals surface area contributed by atoms with Crippen molar-refractivity contribution in [2.45, 2.75) is 27.2 Å². The maximum absolute atomic E-state index is 11.2. The van der Waals surface area contributed by atoms with E-state index in [-0.39, 0.29) is 11.3 Å². The van der Waals surface area contributed by atoms with Gasteiger partial charge >= 0.3 is 0 Å². The molecule has 2 nitrogen and oxygen atoms in total. The maximum atomic E-state index is 11.2. The fourth-order valence-corrected chi connectivity index (χ4v) is 1.78. The normalized spacial score (nSPS) is 29.9. The lowest BCUT2D eigenvalue weighted by Crippen LogP contribution is -2.38. The van der Waals surface area contributed by atoms with Crippen molar-refractivity contribution in [3.8, 4) is 0 Å². The zero-order chi connectivity index (χ0) is 8.48. The highest BCUT2D eigenvalue weighted by atomic mass is 16.5. The molecule has 64 valence electrons. The Balaban J connectivity index is 2.67. The molecule has 1 fully saturated rings. The summed E-state index contributed by atoms with van der Waals surface area (Å²) in [5.74, 6) is 0.509. The fraction of sp³-hybridized carbons (Fsp3) is 0.889. The second-order valence-electron chi connectivity index (χ2n) is 3.99. The number of ether oxygens (including phenoxy) is 1. The molecule has 1 heterocycles. The van der Waals surface area contributed by atoms with Crippen LogP contribution in [0.2, 0.25) is 0 Å². The van der Waals surface area contributed by atoms with Crippen LogP contribution in [0.3, 0.4) is 0 Å². The average molecular weight is 156 g/mol. The summed E-state index contributed by atoms with van der Waals surface area (Å²) in [4.78, 5) is 11.2. The summed E-state index contributed by atoms with van der Waals surface area (Å²) in [5.41, 5.74) is 0.0457. The minimum atomic E-state index is 0.0457. The van der Waals surface area contributed by atoms with Crippen LogP contribution in [0, 0.1) is 11.3 Å². The molecule has 0 spiro atoms. The average Bonchev–Trinajstić information content (AvgIpc) is 1.85. The number of hydrogen-bond acceptors (Lipinski definition) is 2. The van der Waals surface area contributed by atoms with Gasteiger partial charge in [0.1, 0.15) is 5.78 Å². The first-order chi connectivity index (χ1) is 5.04. The Hall–Kier alpha value is -0.370. The topological polar surface area (TPSA) is 26.3 Å². The van der Waals surface area contributed by atoms with Crippen molar-refractivity contribution in [2.75, 3.05) is 13.2 Å². The highest BCUT2D eigenvalue weighted by molar-refractivity contribution is 5.79. The molecule has 1 unspecified atom stereocenters. The van der Waals surface area contributed by atoms with Crippen molar-refractivity contribution in [1.82, 2.24) is 0 Å². The van der Waals surface area contributed by atoms with Crippen LogP contribution >= 0.6 is 0 Å². The third kappa shape index (κ3) is 1.80. The van der Waals surface area contributed by atoms with Crippen LogP contribution in [0.25, 0.3) is 0 Å². The van der Waals surface area contributed by atoms with E-state index in [1.54, 1.807) is 6.92 Å². The molecule has 0 bridgehead atoms. The van der Waals surface area contributed by atoms with Gasteiger partial charge in [0.2, 0.25) is 0 Å². The number of rotatable bonds is 1. The van der Waals surface area contributed by atoms with Gasteiger partial charge in [-0.2, -0.15) is 0 Å². The largest absolute Gasteiger partial charge is 0.381 e. The lowest BCUT2D eigenvalue weighted by atomic mass is 9.74. The highest BCUT2D eigenvalue weighted by Gasteiger charge is 2.35. The van der Waals surface area contributed by atoms with Gasteiger partial charge in [-0.25, -0.2) is 0 Å². The second-order valence-corrected chi connectivity index (χ2v) is 3.99. The van der Waals surface area contributed by atoms with Crippen LogP contribution in [-0.4, -0.2) is 19.0 Å². The monoisotopic (exact) mass is 156 g/mol. The highest BCUT2D eigenvalue weighted by Crippen LogP contribution is 2.33. The third-order valence-electron chi connectivity index (χ3n) is 2.46. The van der Waals surface area contributed by atoms with Crippen molar-refractivity contribution < 1.29 is 9.53 Å². The first kappa shape index (κ1) is 8.72. The van der Waals surface area contributed by atoms with E-state index in [9.17, 15) is 4.79 Å². The molecular formula is C9H16O2. The first-order valence-corrected chi connectivity index (χ1v) is 4.12. The Morgan fingerprint density at radius 1 is 1.55 bits per heavy atom. The molecule has 1 aliphatic heterocycles. The standard InChI is InChI=1S/C9H16O2/c1-7(10)8-4-5-11-6-9(8,2)3/h8H,4-6H2,1-3H3. The lowest BCUT2D eigenvalue weighted by Gasteiger charge is -2.36. The molecule has 1 saturated heterocycles. The number of Topliss-reactive ketones (excluding diaryl/α,β-unsaturated/α-hetero) is 1. The predicted octanol–water partition coefficient (Wildman–Crippen LogP) is 1.64. The molecule has 1 atom stereocenters. The third-order valence-corrected chi connectivity index (χ3v) is 2.46. The summed E-state index contributed by atoms with van der Waals surface area (Å²) in [6.07, 6.45) is 0.891. The molecule has 0 N–H and O–H groups in total. The molecular weight excluding hydrogens is 140 g/mol. The molecule has 1 rings (SSSR count). The second kappa shape index (κ2) is 2.94. The number of ketones is 1. The van der Waals surface area contributed by atoms with E-state index in [4.69, 9.17) is 4.74 Å². The molecule has 0 aromatic carbocycles. The van der Waals surface area contributed by atoms with Crippen LogP contribution in [-0.2, 0) is 9.53 Å². The molecule has 0 amide bonds. The van der Waals surface area contributed by atoms with Crippen LogP contribution in [0.5, 0.6) is 0 Å². The van der Waals surface area contributed by atoms with Gasteiger partial charge in [0.25, 0.3) is 0 Å². The van der Waals surface area contributed by atoms with E-state index in [0.717, 1.165) is 19.6 Å². The quantitative estimate of drug-likeness (QED) is 0.577. The smallest absolute Gasteiger partial charge is 0.133 e. The lowest BCUT2D eigenvalue weighted by molar-refractivity contribution is -0.131. The van der Waals surface area contributed by atoms with Gasteiger partial charge in [0.05, 0.1) is 6.61 Å². The van der Waals surface area contributed by atoms with Gasteiger partial charge < -0.3 is 4.74 Å². The van der Waals surface area contributed by atoms with Gasteiger partial charge in [-0.15, -0.1) is 0 Å². The molecule has 0 radical (unpaired) electrons. The Morgan fingerprint density at radius 3 is 2.55 bits per heavy atom. The Labute approximate surface area is 67.9 Å². The zero-order valence-corrected chi connectivity index (χ0v) is 7.52. The number of carbonyl (C=O) groups excluding carboxylic acids is 1. The van der Waals surface area contributed by atoms with Crippen LogP contribution < -0.4 is 0 Å². The summed E-state index contributed by atoms with van der Waals surface area (Å²) < 4.78 is 5.31. The Bertz CT molecular complexity index is 161. The minimum absolute atomic E-state index is 0.0457. The molecule has 0 aliphatic carbocycles. The van der Waals surface area contributed by atoms with E-state index in [2.05, 4.69) is 13.8 Å². The summed E-state index contributed by atoms with van der Waals surface area (Å²) in [6, 6.07) is 0. The van der Waals surface area contributed by atoms with Gasteiger partial charge in [-0.3, -0.25) is 4.79 Å². The zero-order valence-electron chi connectivity index (χ0n) is 7.52. The van der Waals surface area contributed by atoms with Gasteiger partial charge in [-0.1, -0.05) is 13.8 Å². The molecule has 11 heavy (non-hydrogen) atoms. The Morgan fingerprint density at radius 2 is 2.18 bits per heavy atom. The predicted molar refractivity (Wildman–Crippen MR) is 43.4 cm³/mol. The van der Waals surface area contributed by atoms with E-state index < -0.39 is 0 Å². The summed E-state index contributed by atoms with van der Waals surface area (Å²) in [6.45, 7) is 7.33. The van der Waals surface area contributed by atoms with Gasteiger partial charge in [-0.05, 0) is 18.8 Å². The van der Waals surface area contributed by atoms with Crippen molar-refractivity contribution in [1.29, 1.82) is 0 Å². The van der Waals surface area contributed by atoms with Crippen LogP contribution in [0.1, 0.15) is 27.2 Å². The SMILES string of the molecule is CC(=O)C1CCOCC1(C)C. The minimum Gasteiger partial charge on any atom is -0.381 e. The molecule has 0 saturated carbocycles. The van der Waals surface area contributed by atoms with Crippen LogP contribution in [0.15, 0.2) is 0 Å². The van der Waals surface area contributed by atoms with E-state index in [1.165, 1.54) is 0 Å². The summed E-state index contributed by atoms with van der Waals surface area (Å²) in [7, 11) is 0. The number of carbonyl (C=O) groups is 1. The summed E-state index contributed by atoms with van der Waals surface area (Å²) >= 11 is 0. The first-order valence-electron chi connectivity index (χ1n) is 4.12. The van der Waals surface area contributed by atoms with Crippen molar-refractivity contribution in [3.63, 3.8) is 0 Å². The van der Waals surface area contributed by atoms with E-state index >= 15 is 0 Å². The van der Waals surface area contributed by atoms with E-state index in [0.29, 0.717) is 5.78 Å². The fourth-order valence-electron chi connectivity index (χ4n) is 1.78. The molecule has 0 aromatic rings. The number of hydrogen-bond donors (Lipinski definition) is 0. The van der Waals surface area contributed by atoms with E-state index in [1.807, 2.05) is 0 Å². The van der Waals surface area contributed by atoms with Crippen molar-refractivity contribution in [2.24, 2.45) is 11.3 Å². The molecule has 1 aliphatic rings. The van der Waals surface area contributed by atoms with Crippen LogP contribution in [0.4, 0.5) is 0 Å². The maximum Gasteiger partial charge on any atom is 0.133 e.